The van der Waals surface area contributed by atoms with Crippen LogP contribution in [0.15, 0.2) is 48.5 Å². The molecule has 3 heteroatoms. The van der Waals surface area contributed by atoms with Crippen molar-refractivity contribution in [2.24, 2.45) is 0 Å². The van der Waals surface area contributed by atoms with E-state index in [0.717, 1.165) is 37.6 Å². The van der Waals surface area contributed by atoms with Crippen LogP contribution in [0.1, 0.15) is 69.8 Å². The molecular formula is C25H36O3. The number of aryl methyl sites for hydroxylation is 1. The van der Waals surface area contributed by atoms with Crippen LogP contribution in [0.25, 0.3) is 0 Å². The Kier molecular flexibility index (Phi) is 11.0. The molecule has 0 fully saturated rings. The van der Waals surface area contributed by atoms with E-state index in [2.05, 4.69) is 31.2 Å². The van der Waals surface area contributed by atoms with Gasteiger partial charge < -0.3 is 14.6 Å². The lowest BCUT2D eigenvalue weighted by Gasteiger charge is -2.07. The van der Waals surface area contributed by atoms with Crippen LogP contribution in [0, 0.1) is 6.92 Å². The molecule has 0 radical (unpaired) electrons. The first-order valence-corrected chi connectivity index (χ1v) is 10.9. The molecular weight excluding hydrogens is 348 g/mol. The number of rotatable bonds is 15. The molecule has 0 saturated heterocycles. The first-order valence-electron chi connectivity index (χ1n) is 10.9. The summed E-state index contributed by atoms with van der Waals surface area (Å²) in [6.07, 6.45) is 12.7. The summed E-state index contributed by atoms with van der Waals surface area (Å²) >= 11 is 0. The fourth-order valence-corrected chi connectivity index (χ4v) is 3.18. The van der Waals surface area contributed by atoms with Crippen molar-refractivity contribution in [3.8, 4) is 17.2 Å². The highest BCUT2D eigenvalue weighted by atomic mass is 16.5. The SMILES string of the molecule is Cc1ccc(OCCCCCCCCCCCCOc2ccc(O)cc2)cc1. The maximum atomic E-state index is 9.23. The number of phenolic OH excluding ortho intramolecular Hbond substituents is 1. The topological polar surface area (TPSA) is 38.7 Å². The van der Waals surface area contributed by atoms with Gasteiger partial charge in [-0.3, -0.25) is 0 Å². The van der Waals surface area contributed by atoms with E-state index in [1.165, 1.54) is 56.9 Å². The molecule has 154 valence electrons. The number of hydrogen-bond acceptors (Lipinski definition) is 3. The minimum Gasteiger partial charge on any atom is -0.508 e. The Morgan fingerprint density at radius 1 is 0.536 bits per heavy atom. The van der Waals surface area contributed by atoms with Gasteiger partial charge in [0.1, 0.15) is 17.2 Å². The highest BCUT2D eigenvalue weighted by Gasteiger charge is 1.97. The van der Waals surface area contributed by atoms with Gasteiger partial charge in [-0.1, -0.05) is 69.1 Å². The van der Waals surface area contributed by atoms with Gasteiger partial charge in [-0.15, -0.1) is 0 Å². The largest absolute Gasteiger partial charge is 0.508 e. The molecule has 0 spiro atoms. The fraction of sp³-hybridized carbons (Fsp3) is 0.520. The van der Waals surface area contributed by atoms with E-state index < -0.39 is 0 Å². The molecule has 2 aromatic rings. The van der Waals surface area contributed by atoms with Crippen LogP contribution in [-0.2, 0) is 0 Å². The van der Waals surface area contributed by atoms with Crippen molar-refractivity contribution >= 4 is 0 Å². The lowest BCUT2D eigenvalue weighted by molar-refractivity contribution is 0.302. The fourth-order valence-electron chi connectivity index (χ4n) is 3.18. The molecule has 0 heterocycles. The molecule has 0 aliphatic carbocycles. The summed E-state index contributed by atoms with van der Waals surface area (Å²) in [5.41, 5.74) is 1.27. The van der Waals surface area contributed by atoms with Crippen LogP contribution in [0.3, 0.4) is 0 Å². The van der Waals surface area contributed by atoms with E-state index in [0.29, 0.717) is 0 Å². The Balaban J connectivity index is 1.30. The van der Waals surface area contributed by atoms with Gasteiger partial charge in [-0.2, -0.15) is 0 Å². The number of hydrogen-bond donors (Lipinski definition) is 1. The zero-order chi connectivity index (χ0) is 19.9. The van der Waals surface area contributed by atoms with Gasteiger partial charge in [-0.25, -0.2) is 0 Å². The number of aromatic hydroxyl groups is 1. The molecule has 1 N–H and O–H groups in total. The van der Waals surface area contributed by atoms with E-state index in [1.807, 2.05) is 12.1 Å². The Labute approximate surface area is 170 Å². The van der Waals surface area contributed by atoms with Crippen LogP contribution in [0.2, 0.25) is 0 Å². The molecule has 0 aliphatic rings. The third-order valence-corrected chi connectivity index (χ3v) is 4.93. The summed E-state index contributed by atoms with van der Waals surface area (Å²) in [5.74, 6) is 2.10. The van der Waals surface area contributed by atoms with Crippen LogP contribution >= 0.6 is 0 Å². The number of phenols is 1. The maximum Gasteiger partial charge on any atom is 0.119 e. The number of ether oxygens (including phenoxy) is 2. The Bertz CT molecular complexity index is 562. The average Bonchev–Trinajstić information content (AvgIpc) is 2.71. The Morgan fingerprint density at radius 3 is 1.32 bits per heavy atom. The zero-order valence-electron chi connectivity index (χ0n) is 17.4. The number of benzene rings is 2. The highest BCUT2D eigenvalue weighted by Crippen LogP contribution is 2.17. The normalized spacial score (nSPS) is 10.8. The summed E-state index contributed by atoms with van der Waals surface area (Å²) in [6, 6.07) is 15.2. The maximum absolute atomic E-state index is 9.23. The molecule has 3 nitrogen and oxygen atoms in total. The monoisotopic (exact) mass is 384 g/mol. The first-order chi connectivity index (χ1) is 13.7. The van der Waals surface area contributed by atoms with Gasteiger partial charge >= 0.3 is 0 Å². The second-order valence-corrected chi connectivity index (χ2v) is 7.54. The Hall–Kier alpha value is -2.16. The van der Waals surface area contributed by atoms with Gasteiger partial charge in [0, 0.05) is 0 Å². The molecule has 2 rings (SSSR count). The lowest BCUT2D eigenvalue weighted by atomic mass is 10.1. The van der Waals surface area contributed by atoms with Crippen molar-refractivity contribution in [2.75, 3.05) is 13.2 Å². The van der Waals surface area contributed by atoms with Crippen molar-refractivity contribution in [3.05, 3.63) is 54.1 Å². The van der Waals surface area contributed by atoms with Crippen molar-refractivity contribution in [1.29, 1.82) is 0 Å². The second kappa shape index (κ2) is 13.9. The van der Waals surface area contributed by atoms with E-state index in [-0.39, 0.29) is 5.75 Å². The molecule has 28 heavy (non-hydrogen) atoms. The van der Waals surface area contributed by atoms with Gasteiger partial charge in [0.05, 0.1) is 13.2 Å². The van der Waals surface area contributed by atoms with Gasteiger partial charge in [0.15, 0.2) is 0 Å². The molecule has 0 amide bonds. The van der Waals surface area contributed by atoms with Gasteiger partial charge in [0.25, 0.3) is 0 Å². The molecule has 0 bridgehead atoms. The van der Waals surface area contributed by atoms with E-state index in [1.54, 1.807) is 12.1 Å². The molecule has 0 unspecified atom stereocenters. The zero-order valence-corrected chi connectivity index (χ0v) is 17.4. The second-order valence-electron chi connectivity index (χ2n) is 7.54. The summed E-state index contributed by atoms with van der Waals surface area (Å²) in [7, 11) is 0. The predicted octanol–water partition coefficient (Wildman–Crippen LogP) is 7.06. The first kappa shape index (κ1) is 22.1. The minimum atomic E-state index is 0.280. The van der Waals surface area contributed by atoms with Crippen LogP contribution in [0.4, 0.5) is 0 Å². The molecule has 2 aromatic carbocycles. The summed E-state index contributed by atoms with van der Waals surface area (Å²) < 4.78 is 11.4. The van der Waals surface area contributed by atoms with Crippen LogP contribution in [-0.4, -0.2) is 18.3 Å². The van der Waals surface area contributed by atoms with E-state index in [9.17, 15) is 5.11 Å². The van der Waals surface area contributed by atoms with Crippen molar-refractivity contribution in [1.82, 2.24) is 0 Å². The van der Waals surface area contributed by atoms with Gasteiger partial charge in [0.2, 0.25) is 0 Å². The summed E-state index contributed by atoms with van der Waals surface area (Å²) in [5, 5.41) is 9.23. The highest BCUT2D eigenvalue weighted by molar-refractivity contribution is 5.30. The molecule has 0 saturated carbocycles. The third-order valence-electron chi connectivity index (χ3n) is 4.93. The van der Waals surface area contributed by atoms with Crippen LogP contribution < -0.4 is 9.47 Å². The smallest absolute Gasteiger partial charge is 0.119 e. The minimum absolute atomic E-state index is 0.280. The van der Waals surface area contributed by atoms with E-state index in [4.69, 9.17) is 9.47 Å². The Morgan fingerprint density at radius 2 is 0.893 bits per heavy atom. The van der Waals surface area contributed by atoms with Crippen molar-refractivity contribution in [2.45, 2.75) is 71.1 Å². The lowest BCUT2D eigenvalue weighted by Crippen LogP contribution is -1.97. The van der Waals surface area contributed by atoms with E-state index >= 15 is 0 Å². The third kappa shape index (κ3) is 10.2. The predicted molar refractivity (Wildman–Crippen MR) is 116 cm³/mol. The van der Waals surface area contributed by atoms with Crippen molar-refractivity contribution in [3.63, 3.8) is 0 Å². The average molecular weight is 385 g/mol. The quantitative estimate of drug-likeness (QED) is 0.334. The number of unbranched alkanes of at least 4 members (excludes halogenated alkanes) is 9. The van der Waals surface area contributed by atoms with Gasteiger partial charge in [-0.05, 0) is 56.2 Å². The summed E-state index contributed by atoms with van der Waals surface area (Å²) in [6.45, 7) is 3.68. The molecule has 0 atom stereocenters. The molecule has 0 aromatic heterocycles. The van der Waals surface area contributed by atoms with Crippen LogP contribution in [0.5, 0.6) is 17.2 Å². The molecule has 0 aliphatic heterocycles. The summed E-state index contributed by atoms with van der Waals surface area (Å²) in [4.78, 5) is 0. The van der Waals surface area contributed by atoms with Crippen molar-refractivity contribution < 1.29 is 14.6 Å². The standard InChI is InChI=1S/C25H36O3/c1-22-12-16-24(17-13-22)27-20-10-8-6-4-2-3-5-7-9-11-21-28-25-18-14-23(26)15-19-25/h12-19,26H,2-11,20-21H2,1H3.